The third kappa shape index (κ3) is 3.83. The lowest BCUT2D eigenvalue weighted by molar-refractivity contribution is 0.0952. The Hall–Kier alpha value is -2.05. The summed E-state index contributed by atoms with van der Waals surface area (Å²) in [5.74, 6) is 0.670. The summed E-state index contributed by atoms with van der Waals surface area (Å²) in [4.78, 5) is 12.6. The quantitative estimate of drug-likeness (QED) is 0.761. The number of nitrogens with zero attached hydrogens (tertiary/aromatic N) is 1. The molecule has 6 nitrogen and oxygen atoms in total. The van der Waals surface area contributed by atoms with Gasteiger partial charge in [0.25, 0.3) is 5.91 Å². The van der Waals surface area contributed by atoms with E-state index in [9.17, 15) is 4.79 Å². The molecule has 1 aliphatic carbocycles. The Bertz CT molecular complexity index is 680. The van der Waals surface area contributed by atoms with Crippen LogP contribution in [0, 0.1) is 0 Å². The highest BCUT2D eigenvalue weighted by Gasteiger charge is 2.29. The van der Waals surface area contributed by atoms with E-state index in [1.54, 1.807) is 31.4 Å². The Morgan fingerprint density at radius 2 is 2.13 bits per heavy atom. The highest BCUT2D eigenvalue weighted by molar-refractivity contribution is 6.30. The second-order valence-corrected chi connectivity index (χ2v) is 5.85. The van der Waals surface area contributed by atoms with Crippen molar-refractivity contribution in [3.63, 3.8) is 0 Å². The molecule has 1 fully saturated rings. The Labute approximate surface area is 139 Å². The lowest BCUT2D eigenvalue weighted by atomic mass is 10.1. The average molecular weight is 336 g/mol. The van der Waals surface area contributed by atoms with E-state index in [1.165, 1.54) is 0 Å². The summed E-state index contributed by atoms with van der Waals surface area (Å²) < 4.78 is 10.4. The number of aromatic nitrogens is 1. The van der Waals surface area contributed by atoms with Crippen molar-refractivity contribution in [2.75, 3.05) is 25.6 Å². The molecule has 1 aliphatic rings. The number of benzene rings is 1. The zero-order valence-corrected chi connectivity index (χ0v) is 13.5. The molecule has 2 N–H and O–H groups in total. The molecule has 0 aliphatic heterocycles. The highest BCUT2D eigenvalue weighted by atomic mass is 35.5. The molecule has 0 saturated heterocycles. The van der Waals surface area contributed by atoms with Crippen molar-refractivity contribution < 1.29 is 14.1 Å². The molecule has 1 amide bonds. The predicted molar refractivity (Wildman–Crippen MR) is 87.8 cm³/mol. The van der Waals surface area contributed by atoms with Crippen molar-refractivity contribution in [1.29, 1.82) is 0 Å². The number of carbonyl (C=O) groups excluding carboxylic acids is 1. The van der Waals surface area contributed by atoms with E-state index >= 15 is 0 Å². The molecule has 2 aromatic rings. The summed E-state index contributed by atoms with van der Waals surface area (Å²) in [5.41, 5.74) is 1.16. The molecule has 1 aromatic carbocycles. The van der Waals surface area contributed by atoms with Crippen LogP contribution >= 0.6 is 11.6 Å². The van der Waals surface area contributed by atoms with Crippen molar-refractivity contribution >= 4 is 23.3 Å². The molecule has 7 heteroatoms. The van der Waals surface area contributed by atoms with Gasteiger partial charge in [0, 0.05) is 30.3 Å². The van der Waals surface area contributed by atoms with E-state index in [1.807, 2.05) is 0 Å². The van der Waals surface area contributed by atoms with Crippen LogP contribution in [0.4, 0.5) is 5.82 Å². The number of methoxy groups -OCH3 is 1. The first-order valence-electron chi connectivity index (χ1n) is 7.48. The Balaban J connectivity index is 1.90. The van der Waals surface area contributed by atoms with Gasteiger partial charge in [-0.15, -0.1) is 0 Å². The summed E-state index contributed by atoms with van der Waals surface area (Å²) in [7, 11) is 1.62. The Kier molecular flexibility index (Phi) is 4.83. The van der Waals surface area contributed by atoms with Gasteiger partial charge in [-0.3, -0.25) is 4.79 Å². The van der Waals surface area contributed by atoms with E-state index in [0.717, 1.165) is 18.4 Å². The van der Waals surface area contributed by atoms with E-state index < -0.39 is 0 Å². The summed E-state index contributed by atoms with van der Waals surface area (Å²) in [6, 6.07) is 7.35. The van der Waals surface area contributed by atoms with Gasteiger partial charge in [0.05, 0.1) is 6.61 Å². The number of halogens is 1. The van der Waals surface area contributed by atoms with E-state index in [0.29, 0.717) is 35.3 Å². The van der Waals surface area contributed by atoms with Gasteiger partial charge in [-0.1, -0.05) is 16.8 Å². The maximum Gasteiger partial charge on any atom is 0.259 e. The first-order chi connectivity index (χ1) is 11.2. The first-order valence-corrected chi connectivity index (χ1v) is 7.86. The van der Waals surface area contributed by atoms with Gasteiger partial charge in [0.1, 0.15) is 5.56 Å². The standard InChI is InChI=1S/C16H18ClN3O3/c1-22-9-8-18-15-13(16(21)19-12-6-7-12)14(23-20-15)10-2-4-11(17)5-3-10/h2-5,12H,6-9H2,1H3,(H,18,20)(H,19,21). The molecule has 0 radical (unpaired) electrons. The third-order valence-electron chi connectivity index (χ3n) is 3.54. The summed E-state index contributed by atoms with van der Waals surface area (Å²) in [6.45, 7) is 1.04. The number of hydrogen-bond acceptors (Lipinski definition) is 5. The van der Waals surface area contributed by atoms with Gasteiger partial charge in [-0.25, -0.2) is 0 Å². The number of anilines is 1. The lowest BCUT2D eigenvalue weighted by Crippen LogP contribution is -2.26. The molecule has 0 bridgehead atoms. The third-order valence-corrected chi connectivity index (χ3v) is 3.79. The van der Waals surface area contributed by atoms with Crippen LogP contribution in [0.5, 0.6) is 0 Å². The van der Waals surface area contributed by atoms with Gasteiger partial charge in [-0.2, -0.15) is 0 Å². The maximum absolute atomic E-state index is 12.6. The van der Waals surface area contributed by atoms with Crippen LogP contribution in [0.25, 0.3) is 11.3 Å². The fourth-order valence-corrected chi connectivity index (χ4v) is 2.30. The van der Waals surface area contributed by atoms with Crippen molar-refractivity contribution in [1.82, 2.24) is 10.5 Å². The zero-order valence-electron chi connectivity index (χ0n) is 12.8. The number of nitrogens with one attached hydrogen (secondary N) is 2. The molecule has 122 valence electrons. The molecular weight excluding hydrogens is 318 g/mol. The predicted octanol–water partition coefficient (Wildman–Crippen LogP) is 2.95. The number of hydrogen-bond donors (Lipinski definition) is 2. The molecule has 0 atom stereocenters. The smallest absolute Gasteiger partial charge is 0.259 e. The van der Waals surface area contributed by atoms with Crippen LogP contribution in [0.3, 0.4) is 0 Å². The Morgan fingerprint density at radius 1 is 1.39 bits per heavy atom. The molecule has 1 aromatic heterocycles. The fraction of sp³-hybridized carbons (Fsp3) is 0.375. The number of amides is 1. The topological polar surface area (TPSA) is 76.4 Å². The fourth-order valence-electron chi connectivity index (χ4n) is 2.18. The normalized spacial score (nSPS) is 13.8. The molecule has 0 unspecified atom stereocenters. The average Bonchev–Trinajstić information content (AvgIpc) is 3.25. The van der Waals surface area contributed by atoms with Crippen LogP contribution in [0.1, 0.15) is 23.2 Å². The van der Waals surface area contributed by atoms with Crippen molar-refractivity contribution in [3.8, 4) is 11.3 Å². The van der Waals surface area contributed by atoms with Crippen LogP contribution in [-0.4, -0.2) is 37.4 Å². The van der Waals surface area contributed by atoms with E-state index in [-0.39, 0.29) is 11.9 Å². The molecule has 23 heavy (non-hydrogen) atoms. The maximum atomic E-state index is 12.6. The minimum Gasteiger partial charge on any atom is -0.383 e. The van der Waals surface area contributed by atoms with Gasteiger partial charge >= 0.3 is 0 Å². The summed E-state index contributed by atoms with van der Waals surface area (Å²) in [6.07, 6.45) is 2.03. The number of carbonyl (C=O) groups is 1. The van der Waals surface area contributed by atoms with Gasteiger partial charge in [0.2, 0.25) is 0 Å². The van der Waals surface area contributed by atoms with E-state index in [2.05, 4.69) is 15.8 Å². The SMILES string of the molecule is COCCNc1noc(-c2ccc(Cl)cc2)c1C(=O)NC1CC1. The van der Waals surface area contributed by atoms with Crippen molar-refractivity contribution in [2.24, 2.45) is 0 Å². The molecule has 0 spiro atoms. The second-order valence-electron chi connectivity index (χ2n) is 5.41. The monoisotopic (exact) mass is 335 g/mol. The molecular formula is C16H18ClN3O3. The zero-order chi connectivity index (χ0) is 16.2. The van der Waals surface area contributed by atoms with Crippen LogP contribution in [0.2, 0.25) is 5.02 Å². The minimum atomic E-state index is -0.182. The number of rotatable bonds is 7. The van der Waals surface area contributed by atoms with Crippen molar-refractivity contribution in [2.45, 2.75) is 18.9 Å². The van der Waals surface area contributed by atoms with Crippen LogP contribution in [0.15, 0.2) is 28.8 Å². The minimum absolute atomic E-state index is 0.182. The van der Waals surface area contributed by atoms with Gasteiger partial charge in [-0.05, 0) is 37.1 Å². The van der Waals surface area contributed by atoms with Crippen molar-refractivity contribution in [3.05, 3.63) is 34.9 Å². The van der Waals surface area contributed by atoms with Gasteiger partial charge < -0.3 is 19.9 Å². The highest BCUT2D eigenvalue weighted by Crippen LogP contribution is 2.31. The Morgan fingerprint density at radius 3 is 2.78 bits per heavy atom. The molecule has 1 saturated carbocycles. The lowest BCUT2D eigenvalue weighted by Gasteiger charge is -2.07. The largest absolute Gasteiger partial charge is 0.383 e. The van der Waals surface area contributed by atoms with Crippen LogP contribution in [-0.2, 0) is 4.74 Å². The summed E-state index contributed by atoms with van der Waals surface area (Å²) in [5, 5.41) is 10.7. The molecule has 1 heterocycles. The molecule has 3 rings (SSSR count). The summed E-state index contributed by atoms with van der Waals surface area (Å²) >= 11 is 5.92. The second kappa shape index (κ2) is 7.02. The first kappa shape index (κ1) is 15.8. The van der Waals surface area contributed by atoms with Crippen LogP contribution < -0.4 is 10.6 Å². The van der Waals surface area contributed by atoms with Gasteiger partial charge in [0.15, 0.2) is 11.6 Å². The van der Waals surface area contributed by atoms with E-state index in [4.69, 9.17) is 20.9 Å². The number of ether oxygens (including phenoxy) is 1.